The van der Waals surface area contributed by atoms with Gasteiger partial charge in [-0.25, -0.2) is 0 Å². The van der Waals surface area contributed by atoms with Crippen LogP contribution in [-0.4, -0.2) is 15.8 Å². The van der Waals surface area contributed by atoms with Gasteiger partial charge in [0.25, 0.3) is 0 Å². The Balaban J connectivity index is 1.83. The molecular formula is C19H14N2O. The lowest BCUT2D eigenvalue weighted by Gasteiger charge is -2.03. The summed E-state index contributed by atoms with van der Waals surface area (Å²) in [7, 11) is 0. The van der Waals surface area contributed by atoms with Crippen molar-refractivity contribution in [3.8, 4) is 11.1 Å². The first-order valence-electron chi connectivity index (χ1n) is 7.17. The Labute approximate surface area is 127 Å². The Hall–Kier alpha value is -3.07. The molecule has 2 heterocycles. The smallest absolute Gasteiger partial charge is 0.197 e. The second-order valence-electron chi connectivity index (χ2n) is 5.23. The summed E-state index contributed by atoms with van der Waals surface area (Å²) >= 11 is 0. The van der Waals surface area contributed by atoms with E-state index in [9.17, 15) is 4.79 Å². The first kappa shape index (κ1) is 12.7. The third-order valence-corrected chi connectivity index (χ3v) is 3.91. The molecule has 2 aromatic heterocycles. The molecule has 3 heteroatoms. The predicted octanol–water partition coefficient (Wildman–Crippen LogP) is 4.39. The number of para-hydroxylation sites is 1. The fourth-order valence-electron chi connectivity index (χ4n) is 2.81. The van der Waals surface area contributed by atoms with Crippen LogP contribution in [-0.2, 0) is 0 Å². The van der Waals surface area contributed by atoms with Crippen molar-refractivity contribution in [1.82, 2.24) is 9.97 Å². The fraction of sp³-hybridized carbons (Fsp3) is 0. The number of hydrogen-bond acceptors (Lipinski definition) is 1. The van der Waals surface area contributed by atoms with Gasteiger partial charge in [-0.05, 0) is 11.6 Å². The van der Waals surface area contributed by atoms with Crippen molar-refractivity contribution in [2.75, 3.05) is 0 Å². The quantitative estimate of drug-likeness (QED) is 0.539. The number of ketones is 1. The summed E-state index contributed by atoms with van der Waals surface area (Å²) in [6.07, 6.45) is 5.43. The number of H-pyrrole nitrogens is 2. The normalized spacial score (nSPS) is 10.9. The van der Waals surface area contributed by atoms with E-state index in [0.29, 0.717) is 11.1 Å². The maximum Gasteiger partial charge on any atom is 0.197 e. The summed E-state index contributed by atoms with van der Waals surface area (Å²) in [6, 6.07) is 17.8. The first-order valence-corrected chi connectivity index (χ1v) is 7.17. The molecule has 0 radical (unpaired) electrons. The minimum Gasteiger partial charge on any atom is -0.366 e. The van der Waals surface area contributed by atoms with Crippen LogP contribution in [0.2, 0.25) is 0 Å². The highest BCUT2D eigenvalue weighted by molar-refractivity contribution is 6.18. The van der Waals surface area contributed by atoms with Crippen LogP contribution in [0.25, 0.3) is 22.0 Å². The highest BCUT2D eigenvalue weighted by Gasteiger charge is 2.18. The largest absolute Gasteiger partial charge is 0.366 e. The number of aromatic nitrogens is 2. The van der Waals surface area contributed by atoms with Gasteiger partial charge in [-0.15, -0.1) is 0 Å². The third kappa shape index (κ3) is 1.95. The van der Waals surface area contributed by atoms with E-state index in [1.165, 1.54) is 0 Å². The lowest BCUT2D eigenvalue weighted by atomic mass is 9.98. The van der Waals surface area contributed by atoms with E-state index >= 15 is 0 Å². The number of carbonyl (C=O) groups is 1. The zero-order chi connectivity index (χ0) is 14.9. The van der Waals surface area contributed by atoms with Gasteiger partial charge in [-0.1, -0.05) is 48.5 Å². The molecule has 0 atom stereocenters. The molecule has 0 spiro atoms. The molecule has 0 saturated carbocycles. The first-order chi connectivity index (χ1) is 10.8. The topological polar surface area (TPSA) is 48.6 Å². The maximum atomic E-state index is 12.9. The van der Waals surface area contributed by atoms with Crippen LogP contribution in [0.15, 0.2) is 73.2 Å². The van der Waals surface area contributed by atoms with Gasteiger partial charge in [0.2, 0.25) is 0 Å². The summed E-state index contributed by atoms with van der Waals surface area (Å²) in [6.45, 7) is 0. The van der Waals surface area contributed by atoms with E-state index in [0.717, 1.165) is 22.0 Å². The zero-order valence-corrected chi connectivity index (χ0v) is 11.8. The molecule has 0 amide bonds. The average molecular weight is 286 g/mol. The van der Waals surface area contributed by atoms with Crippen molar-refractivity contribution in [1.29, 1.82) is 0 Å². The van der Waals surface area contributed by atoms with Crippen molar-refractivity contribution in [3.63, 3.8) is 0 Å². The van der Waals surface area contributed by atoms with E-state index in [4.69, 9.17) is 0 Å². The van der Waals surface area contributed by atoms with Gasteiger partial charge in [0.1, 0.15) is 0 Å². The Morgan fingerprint density at radius 2 is 1.55 bits per heavy atom. The molecule has 22 heavy (non-hydrogen) atoms. The van der Waals surface area contributed by atoms with Gasteiger partial charge in [-0.2, -0.15) is 0 Å². The highest BCUT2D eigenvalue weighted by atomic mass is 16.1. The van der Waals surface area contributed by atoms with Crippen LogP contribution in [0, 0.1) is 0 Å². The monoisotopic (exact) mass is 286 g/mol. The van der Waals surface area contributed by atoms with Crippen LogP contribution in [0.1, 0.15) is 15.9 Å². The van der Waals surface area contributed by atoms with Gasteiger partial charge < -0.3 is 9.97 Å². The van der Waals surface area contributed by atoms with E-state index in [1.807, 2.05) is 60.8 Å². The molecule has 4 aromatic rings. The second kappa shape index (κ2) is 5.04. The summed E-state index contributed by atoms with van der Waals surface area (Å²) in [5, 5.41) is 0.952. The van der Waals surface area contributed by atoms with Crippen molar-refractivity contribution in [2.45, 2.75) is 0 Å². The number of carbonyl (C=O) groups excluding carboxylic acids is 1. The molecule has 3 nitrogen and oxygen atoms in total. The molecule has 0 fully saturated rings. The van der Waals surface area contributed by atoms with Crippen LogP contribution >= 0.6 is 0 Å². The lowest BCUT2D eigenvalue weighted by Crippen LogP contribution is -2.00. The molecule has 2 aromatic carbocycles. The van der Waals surface area contributed by atoms with Crippen LogP contribution in [0.5, 0.6) is 0 Å². The van der Waals surface area contributed by atoms with Crippen LogP contribution in [0.4, 0.5) is 0 Å². The lowest BCUT2D eigenvalue weighted by molar-refractivity contribution is 0.104. The van der Waals surface area contributed by atoms with Crippen molar-refractivity contribution >= 4 is 16.7 Å². The number of fused-ring (bicyclic) bond motifs is 1. The molecule has 0 aliphatic carbocycles. The molecule has 2 N–H and O–H groups in total. The van der Waals surface area contributed by atoms with Crippen LogP contribution in [0.3, 0.4) is 0 Å². The van der Waals surface area contributed by atoms with Gasteiger partial charge >= 0.3 is 0 Å². The standard InChI is InChI=1S/C19H14N2O/c22-19(17-12-21-18-9-5-4-8-14(17)18)16-11-20-10-15(16)13-6-2-1-3-7-13/h1-12,20-21H. The molecule has 0 bridgehead atoms. The summed E-state index contributed by atoms with van der Waals surface area (Å²) in [4.78, 5) is 19.2. The van der Waals surface area contributed by atoms with Crippen LogP contribution < -0.4 is 0 Å². The number of benzene rings is 2. The molecule has 0 unspecified atom stereocenters. The summed E-state index contributed by atoms with van der Waals surface area (Å²) < 4.78 is 0. The van der Waals surface area contributed by atoms with Crippen molar-refractivity contribution < 1.29 is 4.79 Å². The Bertz CT molecular complexity index is 948. The van der Waals surface area contributed by atoms with E-state index in [2.05, 4.69) is 9.97 Å². The third-order valence-electron chi connectivity index (χ3n) is 3.91. The Morgan fingerprint density at radius 3 is 2.41 bits per heavy atom. The second-order valence-corrected chi connectivity index (χ2v) is 5.23. The number of aromatic amines is 2. The maximum absolute atomic E-state index is 12.9. The summed E-state index contributed by atoms with van der Waals surface area (Å²) in [5.41, 5.74) is 4.33. The minimum atomic E-state index is 0.0255. The van der Waals surface area contributed by atoms with E-state index in [-0.39, 0.29) is 5.78 Å². The molecular weight excluding hydrogens is 272 g/mol. The van der Waals surface area contributed by atoms with Crippen molar-refractivity contribution in [3.05, 3.63) is 84.3 Å². The van der Waals surface area contributed by atoms with Gasteiger partial charge in [0, 0.05) is 46.2 Å². The Morgan fingerprint density at radius 1 is 0.773 bits per heavy atom. The van der Waals surface area contributed by atoms with Gasteiger partial charge in [-0.3, -0.25) is 4.79 Å². The van der Waals surface area contributed by atoms with E-state index < -0.39 is 0 Å². The molecule has 0 aliphatic heterocycles. The molecule has 4 rings (SSSR count). The average Bonchev–Trinajstić information content (AvgIpc) is 3.22. The Kier molecular flexibility index (Phi) is 2.90. The van der Waals surface area contributed by atoms with E-state index in [1.54, 1.807) is 12.4 Å². The fourth-order valence-corrected chi connectivity index (χ4v) is 2.81. The predicted molar refractivity (Wildman–Crippen MR) is 88.0 cm³/mol. The number of nitrogens with one attached hydrogen (secondary N) is 2. The molecule has 0 aliphatic rings. The SMILES string of the molecule is O=C(c1c[nH]cc1-c1ccccc1)c1c[nH]c2ccccc12. The van der Waals surface area contributed by atoms with Gasteiger partial charge in [0.15, 0.2) is 5.78 Å². The molecule has 0 saturated heterocycles. The number of hydrogen-bond donors (Lipinski definition) is 2. The van der Waals surface area contributed by atoms with Gasteiger partial charge in [0.05, 0.1) is 0 Å². The highest BCUT2D eigenvalue weighted by Crippen LogP contribution is 2.27. The number of rotatable bonds is 3. The zero-order valence-electron chi connectivity index (χ0n) is 11.8. The van der Waals surface area contributed by atoms with Crippen molar-refractivity contribution in [2.24, 2.45) is 0 Å². The molecule has 106 valence electrons. The summed E-state index contributed by atoms with van der Waals surface area (Å²) in [5.74, 6) is 0.0255. The minimum absolute atomic E-state index is 0.0255.